The highest BCUT2D eigenvalue weighted by Crippen LogP contribution is 2.03. The maximum Gasteiger partial charge on any atom is 0.0110 e. The van der Waals surface area contributed by atoms with Gasteiger partial charge in [-0.1, -0.05) is 13.8 Å². The second-order valence-electron chi connectivity index (χ2n) is 7.49. The highest BCUT2D eigenvalue weighted by Gasteiger charge is 2.15. The molecule has 0 spiro atoms. The molecule has 0 aliphatic carbocycles. The molecule has 6 nitrogen and oxygen atoms in total. The zero-order chi connectivity index (χ0) is 18.2. The van der Waals surface area contributed by atoms with Crippen LogP contribution in [0.2, 0.25) is 0 Å². The summed E-state index contributed by atoms with van der Waals surface area (Å²) in [5.74, 6) is 0. The van der Waals surface area contributed by atoms with Crippen LogP contribution in [0.1, 0.15) is 39.5 Å². The molecule has 0 amide bonds. The van der Waals surface area contributed by atoms with Crippen molar-refractivity contribution in [2.45, 2.75) is 45.6 Å². The Morgan fingerprint density at radius 3 is 1.68 bits per heavy atom. The van der Waals surface area contributed by atoms with Crippen molar-refractivity contribution in [1.82, 2.24) is 25.8 Å². The van der Waals surface area contributed by atoms with Gasteiger partial charge in [0.15, 0.2) is 0 Å². The lowest BCUT2D eigenvalue weighted by Gasteiger charge is -2.34. The van der Waals surface area contributed by atoms with Gasteiger partial charge in [0, 0.05) is 32.2 Å². The molecule has 1 aliphatic rings. The maximum absolute atomic E-state index is 5.49. The van der Waals surface area contributed by atoms with E-state index >= 15 is 0 Å². The first kappa shape index (κ1) is 22.8. The minimum Gasteiger partial charge on any atom is -0.330 e. The maximum atomic E-state index is 5.49. The minimum absolute atomic E-state index is 0.603. The molecule has 1 rings (SSSR count). The minimum atomic E-state index is 0.603. The molecular weight excluding hydrogens is 312 g/mol. The number of hydrogen-bond acceptors (Lipinski definition) is 6. The third kappa shape index (κ3) is 13.6. The zero-order valence-corrected chi connectivity index (χ0v) is 16.9. The van der Waals surface area contributed by atoms with Gasteiger partial charge in [-0.05, 0) is 78.0 Å². The summed E-state index contributed by atoms with van der Waals surface area (Å²) in [4.78, 5) is 5.24. The van der Waals surface area contributed by atoms with Gasteiger partial charge in [-0.3, -0.25) is 0 Å². The van der Waals surface area contributed by atoms with Crippen molar-refractivity contribution in [2.75, 3.05) is 78.5 Å². The summed E-state index contributed by atoms with van der Waals surface area (Å²) in [6.07, 6.45) is 4.82. The van der Waals surface area contributed by atoms with Gasteiger partial charge >= 0.3 is 0 Å². The van der Waals surface area contributed by atoms with Gasteiger partial charge in [0.05, 0.1) is 0 Å². The summed E-state index contributed by atoms with van der Waals surface area (Å²) in [6, 6.07) is 0.603. The Bertz CT molecular complexity index is 279. The van der Waals surface area contributed by atoms with Crippen molar-refractivity contribution in [2.24, 2.45) is 5.73 Å². The van der Waals surface area contributed by atoms with Gasteiger partial charge < -0.3 is 31.5 Å². The Labute approximate surface area is 156 Å². The molecule has 1 aliphatic heterocycles. The molecule has 0 aromatic heterocycles. The fourth-order valence-corrected chi connectivity index (χ4v) is 3.17. The van der Waals surface area contributed by atoms with Crippen molar-refractivity contribution in [3.63, 3.8) is 0 Å². The van der Waals surface area contributed by atoms with E-state index in [0.717, 1.165) is 45.7 Å². The van der Waals surface area contributed by atoms with Gasteiger partial charge in [0.2, 0.25) is 0 Å². The van der Waals surface area contributed by atoms with Gasteiger partial charge in [-0.25, -0.2) is 0 Å². The SMILES string of the molecule is CC(C)NCCCNCCCN1CCN(CCCNCCCN)CC1. The molecule has 0 bridgehead atoms. The van der Waals surface area contributed by atoms with E-state index in [1.807, 2.05) is 0 Å². The number of nitrogens with one attached hydrogen (secondary N) is 3. The lowest BCUT2D eigenvalue weighted by atomic mass is 10.2. The Balaban J connectivity index is 1.85. The monoisotopic (exact) mass is 356 g/mol. The van der Waals surface area contributed by atoms with Crippen LogP contribution in [-0.4, -0.2) is 94.4 Å². The van der Waals surface area contributed by atoms with Crippen molar-refractivity contribution in [3.8, 4) is 0 Å². The Morgan fingerprint density at radius 2 is 1.20 bits per heavy atom. The summed E-state index contributed by atoms with van der Waals surface area (Å²) < 4.78 is 0. The van der Waals surface area contributed by atoms with Crippen LogP contribution in [0.4, 0.5) is 0 Å². The van der Waals surface area contributed by atoms with E-state index in [-0.39, 0.29) is 0 Å². The van der Waals surface area contributed by atoms with Gasteiger partial charge in [0.1, 0.15) is 0 Å². The van der Waals surface area contributed by atoms with Crippen LogP contribution in [-0.2, 0) is 0 Å². The largest absolute Gasteiger partial charge is 0.330 e. The molecule has 0 atom stereocenters. The standard InChI is InChI=1S/C19H44N6/c1-19(2)23-12-4-9-22-11-6-14-25-17-15-24(16-18-25)13-5-10-21-8-3-7-20/h19,21-23H,3-18,20H2,1-2H3. The second kappa shape index (κ2) is 16.0. The lowest BCUT2D eigenvalue weighted by molar-refractivity contribution is 0.130. The molecule has 1 saturated heterocycles. The summed E-state index contributed by atoms with van der Waals surface area (Å²) in [6.45, 7) is 18.2. The first-order chi connectivity index (χ1) is 12.2. The molecule has 5 N–H and O–H groups in total. The van der Waals surface area contributed by atoms with Crippen LogP contribution >= 0.6 is 0 Å². The van der Waals surface area contributed by atoms with E-state index in [0.29, 0.717) is 6.04 Å². The van der Waals surface area contributed by atoms with E-state index in [1.54, 1.807) is 0 Å². The van der Waals surface area contributed by atoms with Crippen LogP contribution in [0.15, 0.2) is 0 Å². The van der Waals surface area contributed by atoms with Crippen molar-refractivity contribution >= 4 is 0 Å². The molecule has 1 fully saturated rings. The average molecular weight is 357 g/mol. The average Bonchev–Trinajstić information content (AvgIpc) is 2.61. The topological polar surface area (TPSA) is 68.6 Å². The normalized spacial score (nSPS) is 16.8. The van der Waals surface area contributed by atoms with Crippen LogP contribution in [0.5, 0.6) is 0 Å². The Kier molecular flexibility index (Phi) is 14.6. The molecule has 1 heterocycles. The second-order valence-corrected chi connectivity index (χ2v) is 7.49. The molecule has 0 saturated carbocycles. The number of nitrogens with zero attached hydrogens (tertiary/aromatic N) is 2. The first-order valence-corrected chi connectivity index (χ1v) is 10.5. The quantitative estimate of drug-likeness (QED) is 0.298. The van der Waals surface area contributed by atoms with Gasteiger partial charge in [0.25, 0.3) is 0 Å². The first-order valence-electron chi connectivity index (χ1n) is 10.5. The van der Waals surface area contributed by atoms with Crippen LogP contribution in [0.25, 0.3) is 0 Å². The van der Waals surface area contributed by atoms with Crippen molar-refractivity contribution < 1.29 is 0 Å². The van der Waals surface area contributed by atoms with Crippen molar-refractivity contribution in [3.05, 3.63) is 0 Å². The number of hydrogen-bond donors (Lipinski definition) is 4. The number of piperazine rings is 1. The molecule has 25 heavy (non-hydrogen) atoms. The van der Waals surface area contributed by atoms with E-state index in [2.05, 4.69) is 39.6 Å². The molecule has 0 radical (unpaired) electrons. The summed E-state index contributed by atoms with van der Waals surface area (Å²) in [7, 11) is 0. The smallest absolute Gasteiger partial charge is 0.0110 e. The summed E-state index contributed by atoms with van der Waals surface area (Å²) in [5.41, 5.74) is 5.49. The fourth-order valence-electron chi connectivity index (χ4n) is 3.17. The summed E-state index contributed by atoms with van der Waals surface area (Å²) in [5, 5.41) is 10.5. The molecule has 0 aromatic rings. The zero-order valence-electron chi connectivity index (χ0n) is 16.9. The third-order valence-electron chi connectivity index (χ3n) is 4.76. The molecule has 0 aromatic carbocycles. The highest BCUT2D eigenvalue weighted by atomic mass is 15.3. The number of rotatable bonds is 16. The molecule has 150 valence electrons. The van der Waals surface area contributed by atoms with Gasteiger partial charge in [-0.2, -0.15) is 0 Å². The van der Waals surface area contributed by atoms with E-state index in [9.17, 15) is 0 Å². The predicted octanol–water partition coefficient (Wildman–Crippen LogP) is 0.300. The lowest BCUT2D eigenvalue weighted by Crippen LogP contribution is -2.47. The van der Waals surface area contributed by atoms with E-state index in [1.165, 1.54) is 58.5 Å². The fraction of sp³-hybridized carbons (Fsp3) is 1.00. The van der Waals surface area contributed by atoms with E-state index in [4.69, 9.17) is 5.73 Å². The number of nitrogens with two attached hydrogens (primary N) is 1. The third-order valence-corrected chi connectivity index (χ3v) is 4.76. The molecule has 0 unspecified atom stereocenters. The van der Waals surface area contributed by atoms with Crippen molar-refractivity contribution in [1.29, 1.82) is 0 Å². The van der Waals surface area contributed by atoms with Crippen LogP contribution in [0.3, 0.4) is 0 Å². The van der Waals surface area contributed by atoms with Crippen LogP contribution in [0, 0.1) is 0 Å². The Morgan fingerprint density at radius 1 is 0.720 bits per heavy atom. The molecule has 6 heteroatoms. The van der Waals surface area contributed by atoms with E-state index < -0.39 is 0 Å². The Hall–Kier alpha value is -0.240. The van der Waals surface area contributed by atoms with Crippen LogP contribution < -0.4 is 21.7 Å². The molecular formula is C19H44N6. The highest BCUT2D eigenvalue weighted by molar-refractivity contribution is 4.72. The van der Waals surface area contributed by atoms with Gasteiger partial charge in [-0.15, -0.1) is 0 Å². The predicted molar refractivity (Wildman–Crippen MR) is 109 cm³/mol. The summed E-state index contributed by atoms with van der Waals surface area (Å²) >= 11 is 0.